The number of ether oxygens (including phenoxy) is 1. The summed E-state index contributed by atoms with van der Waals surface area (Å²) in [6.45, 7) is 1.42. The molecule has 0 saturated carbocycles. The first-order chi connectivity index (χ1) is 11.2. The molecule has 2 heterocycles. The predicted octanol–water partition coefficient (Wildman–Crippen LogP) is 2.79. The van der Waals surface area contributed by atoms with E-state index < -0.39 is 0 Å². The zero-order valence-electron chi connectivity index (χ0n) is 13.4. The monoisotopic (exact) mass is 314 g/mol. The Morgan fingerprint density at radius 1 is 1.22 bits per heavy atom. The van der Waals surface area contributed by atoms with Gasteiger partial charge in [0, 0.05) is 36.0 Å². The molecule has 0 radical (unpaired) electrons. The van der Waals surface area contributed by atoms with Gasteiger partial charge in [0.2, 0.25) is 5.91 Å². The standard InChI is InChI=1S/C18H22N2O3/c1-23-18(22)9-5-4-8-17(21)20-11-10-14-13-6-2-3-7-15(13)19-16(14)12-20/h2-3,6-7,19H,4-5,8-12H2,1H3. The van der Waals surface area contributed by atoms with E-state index in [0.717, 1.165) is 30.6 Å². The summed E-state index contributed by atoms with van der Waals surface area (Å²) < 4.78 is 4.60. The first-order valence-electron chi connectivity index (χ1n) is 8.12. The van der Waals surface area contributed by atoms with Gasteiger partial charge in [0.25, 0.3) is 0 Å². The van der Waals surface area contributed by atoms with E-state index in [4.69, 9.17) is 0 Å². The number of carbonyl (C=O) groups is 2. The minimum Gasteiger partial charge on any atom is -0.469 e. The van der Waals surface area contributed by atoms with Gasteiger partial charge >= 0.3 is 5.97 Å². The summed E-state index contributed by atoms with van der Waals surface area (Å²) in [4.78, 5) is 28.7. The van der Waals surface area contributed by atoms with Crippen LogP contribution in [0, 0.1) is 0 Å². The number of unbranched alkanes of at least 4 members (excludes halogenated alkanes) is 1. The number of hydrogen-bond donors (Lipinski definition) is 1. The van der Waals surface area contributed by atoms with Crippen LogP contribution in [0.5, 0.6) is 0 Å². The number of amides is 1. The van der Waals surface area contributed by atoms with E-state index in [9.17, 15) is 9.59 Å². The average Bonchev–Trinajstić information content (AvgIpc) is 2.95. The number of nitrogens with one attached hydrogen (secondary N) is 1. The second kappa shape index (κ2) is 6.86. The number of benzene rings is 1. The van der Waals surface area contributed by atoms with Crippen LogP contribution in [0.25, 0.3) is 10.9 Å². The second-order valence-electron chi connectivity index (χ2n) is 5.98. The van der Waals surface area contributed by atoms with E-state index in [0.29, 0.717) is 25.8 Å². The Morgan fingerprint density at radius 3 is 2.83 bits per heavy atom. The van der Waals surface area contributed by atoms with Gasteiger partial charge < -0.3 is 14.6 Å². The molecule has 0 fully saturated rings. The van der Waals surface area contributed by atoms with E-state index in [1.54, 1.807) is 0 Å². The molecule has 122 valence electrons. The number of nitrogens with zero attached hydrogens (tertiary/aromatic N) is 1. The van der Waals surface area contributed by atoms with Gasteiger partial charge in [-0.3, -0.25) is 9.59 Å². The molecule has 5 nitrogen and oxygen atoms in total. The fourth-order valence-corrected chi connectivity index (χ4v) is 3.21. The van der Waals surface area contributed by atoms with Gasteiger partial charge in [-0.2, -0.15) is 0 Å². The van der Waals surface area contributed by atoms with Crippen LogP contribution < -0.4 is 0 Å². The topological polar surface area (TPSA) is 62.4 Å². The van der Waals surface area contributed by atoms with Crippen molar-refractivity contribution in [3.63, 3.8) is 0 Å². The lowest BCUT2D eigenvalue weighted by atomic mass is 10.0. The average molecular weight is 314 g/mol. The number of aromatic nitrogens is 1. The molecule has 5 heteroatoms. The molecule has 0 unspecified atom stereocenters. The van der Waals surface area contributed by atoms with E-state index in [1.807, 2.05) is 11.0 Å². The van der Waals surface area contributed by atoms with Gasteiger partial charge in [0.1, 0.15) is 0 Å². The van der Waals surface area contributed by atoms with Crippen molar-refractivity contribution < 1.29 is 14.3 Å². The summed E-state index contributed by atoms with van der Waals surface area (Å²) in [7, 11) is 1.39. The summed E-state index contributed by atoms with van der Waals surface area (Å²) in [5.74, 6) is -0.0442. The van der Waals surface area contributed by atoms with Crippen molar-refractivity contribution in [2.75, 3.05) is 13.7 Å². The van der Waals surface area contributed by atoms with Crippen LogP contribution in [0.1, 0.15) is 36.9 Å². The minimum atomic E-state index is -0.210. The highest BCUT2D eigenvalue weighted by Crippen LogP contribution is 2.27. The molecule has 1 aromatic carbocycles. The lowest BCUT2D eigenvalue weighted by Crippen LogP contribution is -2.35. The molecule has 1 aliphatic heterocycles. The number of rotatable bonds is 5. The Bertz CT molecular complexity index is 720. The Kier molecular flexibility index (Phi) is 4.65. The number of hydrogen-bond acceptors (Lipinski definition) is 3. The fourth-order valence-electron chi connectivity index (χ4n) is 3.21. The minimum absolute atomic E-state index is 0.166. The smallest absolute Gasteiger partial charge is 0.305 e. The first-order valence-corrected chi connectivity index (χ1v) is 8.12. The van der Waals surface area contributed by atoms with Gasteiger partial charge in [0.15, 0.2) is 0 Å². The van der Waals surface area contributed by atoms with Crippen molar-refractivity contribution in [2.45, 2.75) is 38.6 Å². The lowest BCUT2D eigenvalue weighted by Gasteiger charge is -2.27. The molecular formula is C18H22N2O3. The van der Waals surface area contributed by atoms with Gasteiger partial charge in [-0.25, -0.2) is 0 Å². The molecule has 2 aromatic rings. The van der Waals surface area contributed by atoms with Gasteiger partial charge in [-0.05, 0) is 30.9 Å². The van der Waals surface area contributed by atoms with Gasteiger partial charge in [-0.15, -0.1) is 0 Å². The molecule has 23 heavy (non-hydrogen) atoms. The highest BCUT2D eigenvalue weighted by molar-refractivity contribution is 5.85. The molecule has 3 rings (SSSR count). The molecule has 1 amide bonds. The molecule has 0 bridgehead atoms. The third kappa shape index (κ3) is 3.38. The normalized spacial score (nSPS) is 13.9. The van der Waals surface area contributed by atoms with Crippen molar-refractivity contribution in [2.24, 2.45) is 0 Å². The van der Waals surface area contributed by atoms with Crippen LogP contribution in [0.4, 0.5) is 0 Å². The molecule has 0 saturated heterocycles. The molecule has 1 aliphatic rings. The van der Waals surface area contributed by atoms with Crippen LogP contribution in [0.3, 0.4) is 0 Å². The third-order valence-electron chi connectivity index (χ3n) is 4.48. The van der Waals surface area contributed by atoms with Crippen LogP contribution in [-0.2, 0) is 27.3 Å². The number of H-pyrrole nitrogens is 1. The SMILES string of the molecule is COC(=O)CCCCC(=O)N1CCc2c([nH]c3ccccc23)C1. The van der Waals surface area contributed by atoms with E-state index >= 15 is 0 Å². The molecule has 1 aromatic heterocycles. The number of esters is 1. The van der Waals surface area contributed by atoms with Crippen molar-refractivity contribution in [1.82, 2.24) is 9.88 Å². The Balaban J connectivity index is 1.56. The number of aromatic amines is 1. The third-order valence-corrected chi connectivity index (χ3v) is 4.48. The Hall–Kier alpha value is -2.30. The molecule has 0 aliphatic carbocycles. The predicted molar refractivity (Wildman–Crippen MR) is 87.9 cm³/mol. The largest absolute Gasteiger partial charge is 0.469 e. The number of carbonyl (C=O) groups excluding carboxylic acids is 2. The summed E-state index contributed by atoms with van der Waals surface area (Å²) in [5.41, 5.74) is 3.64. The summed E-state index contributed by atoms with van der Waals surface area (Å²) in [6, 6.07) is 8.28. The molecular weight excluding hydrogens is 292 g/mol. The zero-order valence-corrected chi connectivity index (χ0v) is 13.4. The van der Waals surface area contributed by atoms with Crippen LogP contribution in [0.15, 0.2) is 24.3 Å². The van der Waals surface area contributed by atoms with Crippen LogP contribution in [-0.4, -0.2) is 35.4 Å². The van der Waals surface area contributed by atoms with Crippen molar-refractivity contribution in [3.8, 4) is 0 Å². The maximum absolute atomic E-state index is 12.3. The Morgan fingerprint density at radius 2 is 2.00 bits per heavy atom. The van der Waals surface area contributed by atoms with Crippen LogP contribution >= 0.6 is 0 Å². The molecule has 0 spiro atoms. The fraction of sp³-hybridized carbons (Fsp3) is 0.444. The summed E-state index contributed by atoms with van der Waals surface area (Å²) in [5, 5.41) is 1.27. The summed E-state index contributed by atoms with van der Waals surface area (Å²) >= 11 is 0. The van der Waals surface area contributed by atoms with E-state index in [-0.39, 0.29) is 11.9 Å². The quantitative estimate of drug-likeness (QED) is 0.682. The highest BCUT2D eigenvalue weighted by Gasteiger charge is 2.23. The van der Waals surface area contributed by atoms with Crippen molar-refractivity contribution in [1.29, 1.82) is 0 Å². The first kappa shape index (κ1) is 15.6. The maximum atomic E-state index is 12.3. The zero-order chi connectivity index (χ0) is 16.2. The van der Waals surface area contributed by atoms with Crippen molar-refractivity contribution >= 4 is 22.8 Å². The highest BCUT2D eigenvalue weighted by atomic mass is 16.5. The van der Waals surface area contributed by atoms with E-state index in [2.05, 4.69) is 27.9 Å². The molecule has 0 atom stereocenters. The maximum Gasteiger partial charge on any atom is 0.305 e. The Labute approximate surface area is 135 Å². The van der Waals surface area contributed by atoms with Gasteiger partial charge in [-0.1, -0.05) is 18.2 Å². The van der Waals surface area contributed by atoms with Gasteiger partial charge in [0.05, 0.1) is 13.7 Å². The number of methoxy groups -OCH3 is 1. The second-order valence-corrected chi connectivity index (χ2v) is 5.98. The number of fused-ring (bicyclic) bond motifs is 3. The lowest BCUT2D eigenvalue weighted by molar-refractivity contribution is -0.141. The number of para-hydroxylation sites is 1. The summed E-state index contributed by atoms with van der Waals surface area (Å²) in [6.07, 6.45) is 3.20. The van der Waals surface area contributed by atoms with E-state index in [1.165, 1.54) is 18.1 Å². The molecule has 1 N–H and O–H groups in total. The van der Waals surface area contributed by atoms with Crippen LogP contribution in [0.2, 0.25) is 0 Å². The van der Waals surface area contributed by atoms with Crippen molar-refractivity contribution in [3.05, 3.63) is 35.5 Å².